The molecule has 158 valence electrons. The highest BCUT2D eigenvalue weighted by atomic mass is 19.4. The summed E-state index contributed by atoms with van der Waals surface area (Å²) in [6.07, 6.45) is 0.287. The molecule has 4 rings (SSSR count). The average molecular weight is 416 g/mol. The molecule has 0 bridgehead atoms. The van der Waals surface area contributed by atoms with Gasteiger partial charge in [0.1, 0.15) is 11.3 Å². The number of aryl methyl sites for hydroxylation is 3. The molecule has 1 amide bonds. The summed E-state index contributed by atoms with van der Waals surface area (Å²) in [6.45, 7) is 3.03. The van der Waals surface area contributed by atoms with Gasteiger partial charge in [0.25, 0.3) is 5.91 Å². The zero-order valence-corrected chi connectivity index (χ0v) is 16.7. The van der Waals surface area contributed by atoms with E-state index in [2.05, 4.69) is 14.9 Å². The molecule has 1 N–H and O–H groups in total. The van der Waals surface area contributed by atoms with Crippen LogP contribution in [0.25, 0.3) is 11.2 Å². The van der Waals surface area contributed by atoms with E-state index in [0.717, 1.165) is 67.1 Å². The number of hydrogen-bond acceptors (Lipinski definition) is 3. The van der Waals surface area contributed by atoms with Gasteiger partial charge < -0.3 is 9.88 Å². The quantitative estimate of drug-likeness (QED) is 0.683. The van der Waals surface area contributed by atoms with Gasteiger partial charge in [0.2, 0.25) is 0 Å². The molecular weight excluding hydrogens is 393 g/mol. The summed E-state index contributed by atoms with van der Waals surface area (Å²) >= 11 is 0. The lowest BCUT2D eigenvalue weighted by Crippen LogP contribution is -2.26. The third kappa shape index (κ3) is 4.17. The third-order valence-corrected chi connectivity index (χ3v) is 5.42. The molecule has 0 aliphatic carbocycles. The van der Waals surface area contributed by atoms with E-state index in [4.69, 9.17) is 4.98 Å². The molecule has 5 nitrogen and oxygen atoms in total. The van der Waals surface area contributed by atoms with Gasteiger partial charge in [-0.05, 0) is 49.9 Å². The molecule has 0 unspecified atom stereocenters. The fourth-order valence-electron chi connectivity index (χ4n) is 3.86. The molecule has 0 radical (unpaired) electrons. The second-order valence-electron chi connectivity index (χ2n) is 7.67. The number of nitrogens with one attached hydrogen (secondary N) is 1. The summed E-state index contributed by atoms with van der Waals surface area (Å²) in [7, 11) is 0. The van der Waals surface area contributed by atoms with Crippen molar-refractivity contribution in [3.63, 3.8) is 0 Å². The Hall–Kier alpha value is -2.90. The number of halogens is 3. The lowest BCUT2D eigenvalue weighted by Gasteiger charge is -2.09. The molecule has 1 aliphatic heterocycles. The maximum atomic E-state index is 12.8. The number of aromatic nitrogens is 3. The van der Waals surface area contributed by atoms with Gasteiger partial charge in [-0.1, -0.05) is 18.6 Å². The van der Waals surface area contributed by atoms with Crippen LogP contribution < -0.4 is 5.32 Å². The van der Waals surface area contributed by atoms with Crippen LogP contribution in [-0.2, 0) is 25.6 Å². The van der Waals surface area contributed by atoms with Crippen LogP contribution in [0.15, 0.2) is 30.3 Å². The van der Waals surface area contributed by atoms with Crippen molar-refractivity contribution in [1.29, 1.82) is 0 Å². The van der Waals surface area contributed by atoms with Crippen LogP contribution >= 0.6 is 0 Å². The standard InChI is InChI=1S/C22H23F3N4O/c1-14-13-17(19-20(27-14)29-12-4-2-3-5-18(29)28-19)21(30)26-11-10-15-6-8-16(9-7-15)22(23,24)25/h6-9,13H,2-5,10-12H2,1H3,(H,26,30). The van der Waals surface area contributed by atoms with Gasteiger partial charge >= 0.3 is 6.18 Å². The van der Waals surface area contributed by atoms with Crippen molar-refractivity contribution in [3.8, 4) is 0 Å². The average Bonchev–Trinajstić information content (AvgIpc) is 2.88. The van der Waals surface area contributed by atoms with E-state index in [9.17, 15) is 18.0 Å². The molecule has 3 aromatic rings. The Bertz CT molecular complexity index is 1070. The number of alkyl halides is 3. The number of nitrogens with zero attached hydrogens (tertiary/aromatic N) is 3. The number of rotatable bonds is 4. The van der Waals surface area contributed by atoms with E-state index in [1.165, 1.54) is 12.1 Å². The van der Waals surface area contributed by atoms with Crippen LogP contribution in [0.5, 0.6) is 0 Å². The van der Waals surface area contributed by atoms with E-state index in [1.807, 2.05) is 6.92 Å². The molecule has 1 aliphatic rings. The lowest BCUT2D eigenvalue weighted by molar-refractivity contribution is -0.137. The fraction of sp³-hybridized carbons (Fsp3) is 0.409. The number of amides is 1. The molecule has 0 saturated heterocycles. The molecule has 1 aromatic carbocycles. The smallest absolute Gasteiger partial charge is 0.352 e. The van der Waals surface area contributed by atoms with E-state index in [0.29, 0.717) is 24.0 Å². The molecule has 2 aromatic heterocycles. The van der Waals surface area contributed by atoms with Crippen LogP contribution in [0.2, 0.25) is 0 Å². The zero-order chi connectivity index (χ0) is 21.3. The number of imidazole rings is 1. The Morgan fingerprint density at radius 2 is 1.90 bits per heavy atom. The van der Waals surface area contributed by atoms with Gasteiger partial charge in [0.05, 0.1) is 11.1 Å². The predicted octanol–water partition coefficient (Wildman–Crippen LogP) is 4.46. The Morgan fingerprint density at radius 3 is 2.63 bits per heavy atom. The van der Waals surface area contributed by atoms with Crippen molar-refractivity contribution >= 4 is 17.1 Å². The summed E-state index contributed by atoms with van der Waals surface area (Å²) in [4.78, 5) is 22.2. The number of carbonyl (C=O) groups excluding carboxylic acids is 1. The molecule has 30 heavy (non-hydrogen) atoms. The highest BCUT2D eigenvalue weighted by molar-refractivity contribution is 6.04. The minimum absolute atomic E-state index is 0.245. The van der Waals surface area contributed by atoms with E-state index < -0.39 is 11.7 Å². The van der Waals surface area contributed by atoms with Crippen molar-refractivity contribution in [2.45, 2.75) is 51.7 Å². The van der Waals surface area contributed by atoms with E-state index in [1.54, 1.807) is 6.07 Å². The first kappa shape index (κ1) is 20.4. The lowest BCUT2D eigenvalue weighted by atomic mass is 10.1. The molecule has 0 saturated carbocycles. The molecule has 0 spiro atoms. The molecule has 0 fully saturated rings. The second-order valence-corrected chi connectivity index (χ2v) is 7.67. The largest absolute Gasteiger partial charge is 0.416 e. The Balaban J connectivity index is 1.48. The van der Waals surface area contributed by atoms with Gasteiger partial charge in [0.15, 0.2) is 5.65 Å². The summed E-state index contributed by atoms with van der Waals surface area (Å²) in [5.74, 6) is 0.727. The molecule has 3 heterocycles. The van der Waals surface area contributed by atoms with Crippen LogP contribution in [0, 0.1) is 6.92 Å². The topological polar surface area (TPSA) is 59.8 Å². The Kier molecular flexibility index (Phi) is 5.49. The maximum absolute atomic E-state index is 12.8. The van der Waals surface area contributed by atoms with Crippen molar-refractivity contribution < 1.29 is 18.0 Å². The number of pyridine rings is 1. The highest BCUT2D eigenvalue weighted by Gasteiger charge is 2.29. The van der Waals surface area contributed by atoms with Crippen molar-refractivity contribution in [1.82, 2.24) is 19.9 Å². The normalized spacial score (nSPS) is 14.4. The van der Waals surface area contributed by atoms with Crippen LogP contribution in [0.3, 0.4) is 0 Å². The van der Waals surface area contributed by atoms with E-state index in [-0.39, 0.29) is 5.91 Å². The molecule has 0 atom stereocenters. The number of carbonyl (C=O) groups is 1. The fourth-order valence-corrected chi connectivity index (χ4v) is 3.86. The van der Waals surface area contributed by atoms with Crippen LogP contribution in [0.1, 0.15) is 52.3 Å². The van der Waals surface area contributed by atoms with Crippen LogP contribution in [0.4, 0.5) is 13.2 Å². The van der Waals surface area contributed by atoms with Gasteiger partial charge in [-0.3, -0.25) is 4.79 Å². The van der Waals surface area contributed by atoms with E-state index >= 15 is 0 Å². The van der Waals surface area contributed by atoms with Gasteiger partial charge in [-0.2, -0.15) is 13.2 Å². The first-order chi connectivity index (χ1) is 14.3. The zero-order valence-electron chi connectivity index (χ0n) is 16.7. The number of hydrogen-bond donors (Lipinski definition) is 1. The SMILES string of the molecule is Cc1cc(C(=O)NCCc2ccc(C(F)(F)F)cc2)c2nc3n(c2n1)CCCCC3. The summed E-state index contributed by atoms with van der Waals surface area (Å²) < 4.78 is 40.1. The van der Waals surface area contributed by atoms with Gasteiger partial charge in [-0.25, -0.2) is 9.97 Å². The maximum Gasteiger partial charge on any atom is 0.416 e. The minimum atomic E-state index is -4.35. The van der Waals surface area contributed by atoms with Crippen molar-refractivity contribution in [2.75, 3.05) is 6.54 Å². The predicted molar refractivity (Wildman–Crippen MR) is 107 cm³/mol. The Morgan fingerprint density at radius 1 is 1.13 bits per heavy atom. The first-order valence-corrected chi connectivity index (χ1v) is 10.1. The number of benzene rings is 1. The van der Waals surface area contributed by atoms with Crippen LogP contribution in [-0.4, -0.2) is 27.0 Å². The summed E-state index contributed by atoms with van der Waals surface area (Å²) in [6, 6.07) is 6.74. The van der Waals surface area contributed by atoms with Gasteiger partial charge in [0, 0.05) is 25.2 Å². The molecular formula is C22H23F3N4O. The summed E-state index contributed by atoms with van der Waals surface area (Å²) in [5.41, 5.74) is 2.66. The van der Waals surface area contributed by atoms with Crippen molar-refractivity contribution in [3.05, 3.63) is 58.5 Å². The first-order valence-electron chi connectivity index (χ1n) is 10.1. The van der Waals surface area contributed by atoms with Gasteiger partial charge in [-0.15, -0.1) is 0 Å². The third-order valence-electron chi connectivity index (χ3n) is 5.42. The summed E-state index contributed by atoms with van der Waals surface area (Å²) in [5, 5.41) is 2.87. The number of fused-ring (bicyclic) bond motifs is 3. The minimum Gasteiger partial charge on any atom is -0.352 e. The Labute approximate surface area is 172 Å². The second kappa shape index (κ2) is 8.08. The highest BCUT2D eigenvalue weighted by Crippen LogP contribution is 2.29. The monoisotopic (exact) mass is 416 g/mol. The molecule has 8 heteroatoms. The van der Waals surface area contributed by atoms with Crippen molar-refractivity contribution in [2.24, 2.45) is 0 Å².